The first-order chi connectivity index (χ1) is 5.75. The molecule has 4 heteroatoms. The van der Waals surface area contributed by atoms with E-state index in [-0.39, 0.29) is 0 Å². The zero-order chi connectivity index (χ0) is 8.55. The largest absolute Gasteiger partial charge is 0.486 e. The third-order valence-electron chi connectivity index (χ3n) is 1.72. The Morgan fingerprint density at radius 1 is 1.42 bits per heavy atom. The molecule has 0 unspecified atom stereocenters. The molecule has 1 aliphatic rings. The van der Waals surface area contributed by atoms with Crippen molar-refractivity contribution in [2.75, 3.05) is 11.5 Å². The van der Waals surface area contributed by atoms with Gasteiger partial charge in [-0.1, -0.05) is 0 Å². The predicted molar refractivity (Wildman–Crippen MR) is 46.7 cm³/mol. The van der Waals surface area contributed by atoms with E-state index >= 15 is 0 Å². The molecule has 0 bridgehead atoms. The molecule has 2 rings (SSSR count). The van der Waals surface area contributed by atoms with Crippen molar-refractivity contribution in [3.05, 3.63) is 12.3 Å². The van der Waals surface area contributed by atoms with Gasteiger partial charge in [0.25, 0.3) is 0 Å². The summed E-state index contributed by atoms with van der Waals surface area (Å²) in [6.07, 6.45) is 4.06. The Hall–Kier alpha value is -1.45. The maximum atomic E-state index is 5.57. The van der Waals surface area contributed by atoms with Gasteiger partial charge < -0.3 is 16.2 Å². The highest BCUT2D eigenvalue weighted by atomic mass is 16.5. The van der Waals surface area contributed by atoms with E-state index in [0.717, 1.165) is 12.8 Å². The lowest BCUT2D eigenvalue weighted by Crippen LogP contribution is -2.02. The Balaban J connectivity index is 2.21. The first-order valence-corrected chi connectivity index (χ1v) is 3.93. The number of hydrogen-bond donors (Lipinski definition) is 2. The molecule has 0 spiro atoms. The predicted octanol–water partition coefficient (Wildman–Crippen LogP) is 0.787. The molecule has 0 amide bonds. The molecule has 64 valence electrons. The van der Waals surface area contributed by atoms with Crippen LogP contribution < -0.4 is 16.2 Å². The highest BCUT2D eigenvalue weighted by molar-refractivity contribution is 5.53. The Morgan fingerprint density at radius 2 is 2.17 bits per heavy atom. The number of hydrogen-bond acceptors (Lipinski definition) is 4. The van der Waals surface area contributed by atoms with Crippen molar-refractivity contribution >= 4 is 11.5 Å². The first-order valence-electron chi connectivity index (χ1n) is 3.93. The van der Waals surface area contributed by atoms with Gasteiger partial charge in [0.1, 0.15) is 0 Å². The van der Waals surface area contributed by atoms with Gasteiger partial charge in [-0.05, 0) is 12.8 Å². The molecular weight excluding hydrogens is 154 g/mol. The van der Waals surface area contributed by atoms with E-state index in [1.54, 1.807) is 6.07 Å². The molecule has 1 aromatic heterocycles. The summed E-state index contributed by atoms with van der Waals surface area (Å²) in [5.41, 5.74) is 11.7. The highest BCUT2D eigenvalue weighted by Gasteiger charge is 2.24. The second kappa shape index (κ2) is 2.55. The molecule has 4 nitrogen and oxygen atoms in total. The number of ether oxygens (including phenoxy) is 1. The number of rotatable bonds is 2. The minimum Gasteiger partial charge on any atom is -0.486 e. The van der Waals surface area contributed by atoms with E-state index in [1.807, 2.05) is 0 Å². The summed E-state index contributed by atoms with van der Waals surface area (Å²) in [7, 11) is 0. The van der Waals surface area contributed by atoms with Crippen LogP contribution in [-0.2, 0) is 0 Å². The monoisotopic (exact) mass is 165 g/mol. The molecule has 0 atom stereocenters. The van der Waals surface area contributed by atoms with Gasteiger partial charge in [-0.15, -0.1) is 0 Å². The Bertz CT molecular complexity index is 296. The fourth-order valence-electron chi connectivity index (χ4n) is 0.930. The lowest BCUT2D eigenvalue weighted by Gasteiger charge is -2.06. The van der Waals surface area contributed by atoms with Crippen molar-refractivity contribution in [2.24, 2.45) is 0 Å². The molecule has 4 N–H and O–H groups in total. The minimum atomic E-state index is 0.330. The number of nitrogens with zero attached hydrogens (tertiary/aromatic N) is 1. The summed E-state index contributed by atoms with van der Waals surface area (Å²) in [4.78, 5) is 3.89. The molecule has 1 fully saturated rings. The molecule has 1 aliphatic carbocycles. The summed E-state index contributed by atoms with van der Waals surface area (Å²) < 4.78 is 5.47. The van der Waals surface area contributed by atoms with Crippen LogP contribution in [0, 0.1) is 0 Å². The van der Waals surface area contributed by atoms with Crippen LogP contribution in [0.4, 0.5) is 11.5 Å². The van der Waals surface area contributed by atoms with Crippen molar-refractivity contribution < 1.29 is 4.74 Å². The smallest absolute Gasteiger partial charge is 0.166 e. The average Bonchev–Trinajstić information content (AvgIpc) is 2.81. The summed E-state index contributed by atoms with van der Waals surface area (Å²) in [6, 6.07) is 1.71. The number of anilines is 2. The molecule has 1 heterocycles. The molecule has 0 aliphatic heterocycles. The van der Waals surface area contributed by atoms with E-state index in [4.69, 9.17) is 16.2 Å². The molecule has 1 saturated carbocycles. The maximum Gasteiger partial charge on any atom is 0.166 e. The quantitative estimate of drug-likeness (QED) is 0.679. The zero-order valence-corrected chi connectivity index (χ0v) is 6.66. The normalized spacial score (nSPS) is 16.0. The summed E-state index contributed by atoms with van der Waals surface area (Å²) in [5, 5.41) is 0. The topological polar surface area (TPSA) is 74.2 Å². The third-order valence-corrected chi connectivity index (χ3v) is 1.72. The van der Waals surface area contributed by atoms with E-state index < -0.39 is 0 Å². The van der Waals surface area contributed by atoms with Gasteiger partial charge >= 0.3 is 0 Å². The van der Waals surface area contributed by atoms with E-state index in [0.29, 0.717) is 23.4 Å². The summed E-state index contributed by atoms with van der Waals surface area (Å²) in [6.45, 7) is 0. The highest BCUT2D eigenvalue weighted by Crippen LogP contribution is 2.30. The van der Waals surface area contributed by atoms with E-state index in [9.17, 15) is 0 Å². The Kier molecular flexibility index (Phi) is 1.53. The van der Waals surface area contributed by atoms with E-state index in [1.165, 1.54) is 6.20 Å². The van der Waals surface area contributed by atoms with Crippen LogP contribution in [0.5, 0.6) is 5.75 Å². The van der Waals surface area contributed by atoms with Gasteiger partial charge in [-0.2, -0.15) is 0 Å². The Labute approximate surface area is 70.5 Å². The standard InChI is InChI=1S/C8H11N3O/c9-5-3-7(8(10)11-4-5)12-6-1-2-6/h3-4,6H,1-2,9H2,(H2,10,11). The zero-order valence-electron chi connectivity index (χ0n) is 6.66. The summed E-state index contributed by atoms with van der Waals surface area (Å²) >= 11 is 0. The van der Waals surface area contributed by atoms with Crippen molar-refractivity contribution in [1.82, 2.24) is 4.98 Å². The molecule has 0 aromatic carbocycles. The molecule has 12 heavy (non-hydrogen) atoms. The average molecular weight is 165 g/mol. The molecule has 0 saturated heterocycles. The molecular formula is C8H11N3O. The fourth-order valence-corrected chi connectivity index (χ4v) is 0.930. The number of nitrogens with two attached hydrogens (primary N) is 2. The van der Waals surface area contributed by atoms with Crippen LogP contribution in [0.15, 0.2) is 12.3 Å². The maximum absolute atomic E-state index is 5.57. The second-order valence-electron chi connectivity index (χ2n) is 2.97. The van der Waals surface area contributed by atoms with Gasteiger partial charge in [0.15, 0.2) is 11.6 Å². The number of nitrogen functional groups attached to an aromatic ring is 2. The van der Waals surface area contributed by atoms with Gasteiger partial charge in [0, 0.05) is 6.07 Å². The fraction of sp³-hybridized carbons (Fsp3) is 0.375. The van der Waals surface area contributed by atoms with Crippen molar-refractivity contribution in [2.45, 2.75) is 18.9 Å². The second-order valence-corrected chi connectivity index (χ2v) is 2.97. The van der Waals surface area contributed by atoms with Crippen LogP contribution in [0.1, 0.15) is 12.8 Å². The first kappa shape index (κ1) is 7.21. The van der Waals surface area contributed by atoms with Crippen molar-refractivity contribution in [3.63, 3.8) is 0 Å². The van der Waals surface area contributed by atoms with E-state index in [2.05, 4.69) is 4.98 Å². The van der Waals surface area contributed by atoms with Crippen molar-refractivity contribution in [1.29, 1.82) is 0 Å². The third kappa shape index (κ3) is 1.42. The van der Waals surface area contributed by atoms with Crippen LogP contribution in [0.25, 0.3) is 0 Å². The molecule has 0 radical (unpaired) electrons. The van der Waals surface area contributed by atoms with Crippen LogP contribution >= 0.6 is 0 Å². The van der Waals surface area contributed by atoms with Crippen LogP contribution in [0.3, 0.4) is 0 Å². The molecule has 1 aromatic rings. The van der Waals surface area contributed by atoms with Gasteiger partial charge in [0.2, 0.25) is 0 Å². The van der Waals surface area contributed by atoms with Crippen LogP contribution in [-0.4, -0.2) is 11.1 Å². The lowest BCUT2D eigenvalue weighted by molar-refractivity contribution is 0.304. The SMILES string of the molecule is Nc1cnc(N)c(OC2CC2)c1. The van der Waals surface area contributed by atoms with Crippen LogP contribution in [0.2, 0.25) is 0 Å². The minimum absolute atomic E-state index is 0.330. The van der Waals surface area contributed by atoms with Gasteiger partial charge in [0.05, 0.1) is 18.0 Å². The lowest BCUT2D eigenvalue weighted by atomic mass is 10.4. The van der Waals surface area contributed by atoms with Crippen molar-refractivity contribution in [3.8, 4) is 5.75 Å². The van der Waals surface area contributed by atoms with Gasteiger partial charge in [-0.3, -0.25) is 0 Å². The summed E-state index contributed by atoms with van der Waals surface area (Å²) in [5.74, 6) is 1.02. The number of pyridine rings is 1. The number of aromatic nitrogens is 1. The Morgan fingerprint density at radius 3 is 2.83 bits per heavy atom. The van der Waals surface area contributed by atoms with Gasteiger partial charge in [-0.25, -0.2) is 4.98 Å².